The third kappa shape index (κ3) is 3.13. The minimum atomic E-state index is -5.52. The standard InChI is InChI=1S/C13H7ClF9NO/c14-8-4-24-9(25)10(8,13(21,22)23)5-1-6(11(15,16)17)3-7(2-5)12(18,19)20/h1-3,8H,4H2,(H,24,25). The first-order valence-electron chi connectivity index (χ1n) is 6.41. The van der Waals surface area contributed by atoms with E-state index in [0.717, 1.165) is 0 Å². The van der Waals surface area contributed by atoms with E-state index < -0.39 is 58.5 Å². The summed E-state index contributed by atoms with van der Waals surface area (Å²) in [5.74, 6) is -1.81. The van der Waals surface area contributed by atoms with Gasteiger partial charge in [0.05, 0.1) is 16.5 Å². The van der Waals surface area contributed by atoms with Gasteiger partial charge in [-0.05, 0) is 23.8 Å². The topological polar surface area (TPSA) is 29.1 Å². The number of hydrogen-bond donors (Lipinski definition) is 1. The maximum atomic E-state index is 13.6. The molecule has 0 spiro atoms. The SMILES string of the molecule is O=C1NCC(Cl)C1(c1cc(C(F)(F)F)cc(C(F)(F)F)c1)C(F)(F)F. The molecule has 1 aromatic rings. The normalized spacial score (nSPS) is 25.2. The van der Waals surface area contributed by atoms with E-state index in [0.29, 0.717) is 0 Å². The van der Waals surface area contributed by atoms with E-state index in [1.807, 2.05) is 0 Å². The minimum absolute atomic E-state index is 0.136. The lowest BCUT2D eigenvalue weighted by Crippen LogP contribution is -2.53. The molecule has 1 aliphatic rings. The van der Waals surface area contributed by atoms with Crippen molar-refractivity contribution in [1.29, 1.82) is 0 Å². The molecule has 2 rings (SSSR count). The van der Waals surface area contributed by atoms with Gasteiger partial charge in [0.1, 0.15) is 0 Å². The van der Waals surface area contributed by atoms with Crippen molar-refractivity contribution in [2.45, 2.75) is 29.3 Å². The third-order valence-corrected chi connectivity index (χ3v) is 4.24. The van der Waals surface area contributed by atoms with E-state index in [1.54, 1.807) is 5.32 Å². The zero-order chi connectivity index (χ0) is 19.4. The number of rotatable bonds is 1. The number of carbonyl (C=O) groups is 1. The number of amides is 1. The first-order chi connectivity index (χ1) is 11.1. The van der Waals surface area contributed by atoms with E-state index in [4.69, 9.17) is 11.6 Å². The van der Waals surface area contributed by atoms with Crippen LogP contribution >= 0.6 is 11.6 Å². The molecule has 25 heavy (non-hydrogen) atoms. The summed E-state index contributed by atoms with van der Waals surface area (Å²) in [5.41, 5.74) is -9.18. The average molecular weight is 400 g/mol. The van der Waals surface area contributed by atoms with Crippen LogP contribution < -0.4 is 5.32 Å². The average Bonchev–Trinajstić information content (AvgIpc) is 2.72. The molecule has 140 valence electrons. The van der Waals surface area contributed by atoms with Gasteiger partial charge in [0.2, 0.25) is 5.91 Å². The Morgan fingerprint density at radius 2 is 1.36 bits per heavy atom. The molecule has 1 aromatic carbocycles. The fourth-order valence-corrected chi connectivity index (χ4v) is 3.01. The van der Waals surface area contributed by atoms with Crippen LogP contribution in [0.15, 0.2) is 18.2 Å². The summed E-state index contributed by atoms with van der Waals surface area (Å²) in [6, 6.07) is -0.601. The van der Waals surface area contributed by atoms with Crippen molar-refractivity contribution in [2.24, 2.45) is 0 Å². The monoisotopic (exact) mass is 399 g/mol. The highest BCUT2D eigenvalue weighted by molar-refractivity contribution is 6.25. The summed E-state index contributed by atoms with van der Waals surface area (Å²) < 4.78 is 118. The predicted octanol–water partition coefficient (Wildman–Crippen LogP) is 4.26. The van der Waals surface area contributed by atoms with Crippen LogP contribution in [0, 0.1) is 0 Å². The van der Waals surface area contributed by atoms with Gasteiger partial charge in [-0.2, -0.15) is 39.5 Å². The summed E-state index contributed by atoms with van der Waals surface area (Å²) in [4.78, 5) is 11.8. The second-order valence-electron chi connectivity index (χ2n) is 5.28. The molecule has 0 bridgehead atoms. The van der Waals surface area contributed by atoms with Crippen LogP contribution in [0.3, 0.4) is 0 Å². The van der Waals surface area contributed by atoms with Crippen LogP contribution in [0.25, 0.3) is 0 Å². The highest BCUT2D eigenvalue weighted by Gasteiger charge is 2.68. The van der Waals surface area contributed by atoms with Gasteiger partial charge in [-0.15, -0.1) is 11.6 Å². The molecule has 0 aliphatic carbocycles. The van der Waals surface area contributed by atoms with Crippen molar-refractivity contribution < 1.29 is 44.3 Å². The van der Waals surface area contributed by atoms with Gasteiger partial charge < -0.3 is 5.32 Å². The second kappa shape index (κ2) is 5.68. The number of carbonyl (C=O) groups excluding carboxylic acids is 1. The van der Waals surface area contributed by atoms with Crippen molar-refractivity contribution in [3.05, 3.63) is 34.9 Å². The Balaban J connectivity index is 2.86. The van der Waals surface area contributed by atoms with Gasteiger partial charge in [-0.1, -0.05) is 0 Å². The Kier molecular flexibility index (Phi) is 4.47. The Morgan fingerprint density at radius 3 is 1.64 bits per heavy atom. The van der Waals surface area contributed by atoms with Gasteiger partial charge in [-0.3, -0.25) is 4.79 Å². The molecule has 0 radical (unpaired) electrons. The Labute approximate surface area is 138 Å². The molecule has 1 heterocycles. The molecule has 0 saturated carbocycles. The molecule has 0 aromatic heterocycles. The van der Waals surface area contributed by atoms with Crippen molar-refractivity contribution in [3.8, 4) is 0 Å². The van der Waals surface area contributed by atoms with Crippen molar-refractivity contribution >= 4 is 17.5 Å². The molecular weight excluding hydrogens is 393 g/mol. The summed E-state index contributed by atoms with van der Waals surface area (Å²) in [7, 11) is 0. The van der Waals surface area contributed by atoms with Crippen LogP contribution in [-0.2, 0) is 22.6 Å². The van der Waals surface area contributed by atoms with E-state index in [2.05, 4.69) is 0 Å². The third-order valence-electron chi connectivity index (χ3n) is 3.76. The first kappa shape index (κ1) is 19.7. The first-order valence-corrected chi connectivity index (χ1v) is 6.84. The Morgan fingerprint density at radius 1 is 0.920 bits per heavy atom. The lowest BCUT2D eigenvalue weighted by Gasteiger charge is -2.33. The van der Waals surface area contributed by atoms with Crippen molar-refractivity contribution in [3.63, 3.8) is 0 Å². The Hall–Kier alpha value is -1.65. The predicted molar refractivity (Wildman–Crippen MR) is 66.8 cm³/mol. The highest BCUT2D eigenvalue weighted by atomic mass is 35.5. The molecule has 2 unspecified atom stereocenters. The zero-order valence-electron chi connectivity index (χ0n) is 11.7. The molecule has 1 saturated heterocycles. The van der Waals surface area contributed by atoms with E-state index in [-0.39, 0.29) is 18.2 Å². The summed E-state index contributed by atoms with van der Waals surface area (Å²) in [6.45, 7) is -0.766. The largest absolute Gasteiger partial charge is 0.416 e. The quantitative estimate of drug-likeness (QED) is 0.555. The van der Waals surface area contributed by atoms with E-state index in [1.165, 1.54) is 0 Å². The summed E-state index contributed by atoms with van der Waals surface area (Å²) in [5, 5.41) is -0.393. The summed E-state index contributed by atoms with van der Waals surface area (Å²) in [6.07, 6.45) is -16.2. The van der Waals surface area contributed by atoms with E-state index in [9.17, 15) is 44.3 Å². The van der Waals surface area contributed by atoms with Gasteiger partial charge >= 0.3 is 18.5 Å². The molecule has 1 aliphatic heterocycles. The van der Waals surface area contributed by atoms with Crippen LogP contribution in [0.4, 0.5) is 39.5 Å². The van der Waals surface area contributed by atoms with Crippen LogP contribution in [0.1, 0.15) is 16.7 Å². The van der Waals surface area contributed by atoms with Gasteiger partial charge in [-0.25, -0.2) is 0 Å². The van der Waals surface area contributed by atoms with Crippen LogP contribution in [-0.4, -0.2) is 24.0 Å². The van der Waals surface area contributed by atoms with Crippen LogP contribution in [0.5, 0.6) is 0 Å². The van der Waals surface area contributed by atoms with Crippen molar-refractivity contribution in [2.75, 3.05) is 6.54 Å². The maximum Gasteiger partial charge on any atom is 0.416 e. The number of nitrogens with one attached hydrogen (secondary N) is 1. The highest BCUT2D eigenvalue weighted by Crippen LogP contribution is 2.50. The van der Waals surface area contributed by atoms with Crippen LogP contribution in [0.2, 0.25) is 0 Å². The molecule has 1 amide bonds. The molecule has 2 nitrogen and oxygen atoms in total. The zero-order valence-corrected chi connectivity index (χ0v) is 12.5. The number of alkyl halides is 10. The van der Waals surface area contributed by atoms with Gasteiger partial charge in [0.15, 0.2) is 5.41 Å². The number of hydrogen-bond acceptors (Lipinski definition) is 1. The van der Waals surface area contributed by atoms with E-state index >= 15 is 0 Å². The maximum absolute atomic E-state index is 13.6. The molecule has 1 fully saturated rings. The summed E-state index contributed by atoms with van der Waals surface area (Å²) >= 11 is 5.52. The number of benzene rings is 1. The van der Waals surface area contributed by atoms with Crippen molar-refractivity contribution in [1.82, 2.24) is 5.32 Å². The molecule has 1 N–H and O–H groups in total. The fourth-order valence-electron chi connectivity index (χ4n) is 2.58. The Bertz CT molecular complexity index is 662. The van der Waals surface area contributed by atoms with Gasteiger partial charge in [0.25, 0.3) is 0 Å². The lowest BCUT2D eigenvalue weighted by molar-refractivity contribution is -0.190. The minimum Gasteiger partial charge on any atom is -0.353 e. The molecule has 2 atom stereocenters. The second-order valence-corrected chi connectivity index (χ2v) is 5.80. The van der Waals surface area contributed by atoms with Gasteiger partial charge in [0, 0.05) is 6.54 Å². The number of halogens is 10. The molecule has 12 heteroatoms. The fraction of sp³-hybridized carbons (Fsp3) is 0.462. The lowest BCUT2D eigenvalue weighted by atomic mass is 9.76. The molecular formula is C13H7ClF9NO. The smallest absolute Gasteiger partial charge is 0.353 e.